The molecule has 0 unspecified atom stereocenters. The van der Waals surface area contributed by atoms with Crippen LogP contribution in [0.3, 0.4) is 0 Å². The third kappa shape index (κ3) is 2.83. The molecule has 4 aromatic rings. The molecular weight excluding hydrogens is 364 g/mol. The Hall–Kier alpha value is -3.41. The van der Waals surface area contributed by atoms with Crippen LogP contribution in [0.5, 0.6) is 0 Å². The molecule has 3 heterocycles. The van der Waals surface area contributed by atoms with E-state index >= 15 is 0 Å². The molecule has 1 saturated heterocycles. The molecule has 6 heteroatoms. The number of fused-ring (bicyclic) bond motifs is 2. The summed E-state index contributed by atoms with van der Waals surface area (Å²) in [7, 11) is 0. The lowest BCUT2D eigenvalue weighted by Crippen LogP contribution is -2.50. The van der Waals surface area contributed by atoms with Crippen LogP contribution in [0.2, 0.25) is 0 Å². The maximum absolute atomic E-state index is 13.1. The minimum atomic E-state index is -0.371. The van der Waals surface area contributed by atoms with E-state index in [1.165, 1.54) is 0 Å². The summed E-state index contributed by atoms with van der Waals surface area (Å²) in [5.74, 6) is 1.24. The number of ketones is 1. The highest BCUT2D eigenvalue weighted by Gasteiger charge is 2.36. The van der Waals surface area contributed by atoms with Crippen molar-refractivity contribution in [2.24, 2.45) is 0 Å². The topological polar surface area (TPSA) is 71.0 Å². The molecule has 1 atom stereocenters. The smallest absolute Gasteiger partial charge is 0.245 e. The van der Waals surface area contributed by atoms with Crippen LogP contribution < -0.4 is 0 Å². The summed E-state index contributed by atoms with van der Waals surface area (Å²) in [6, 6.07) is 15.3. The van der Waals surface area contributed by atoms with Gasteiger partial charge in [-0.2, -0.15) is 0 Å². The Morgan fingerprint density at radius 1 is 1.10 bits per heavy atom. The molecule has 29 heavy (non-hydrogen) atoms. The lowest BCUT2D eigenvalue weighted by atomic mass is 9.98. The standard InChI is InChI=1S/C23H22N4O2/c1-14(27-13-18(15(2)28)17-7-3-6-10-21(17)27)23(29)26-11-16(12-26)22-24-19-8-4-5-9-20(19)25-22/h3-10,13-14,16H,11-12H2,1-2H3,(H,24,25)/t14-/m1/s1. The van der Waals surface area contributed by atoms with Crippen molar-refractivity contribution in [3.8, 4) is 0 Å². The highest BCUT2D eigenvalue weighted by atomic mass is 16.2. The largest absolute Gasteiger partial charge is 0.342 e. The molecule has 1 aliphatic rings. The van der Waals surface area contributed by atoms with Crippen molar-refractivity contribution >= 4 is 33.6 Å². The Kier molecular flexibility index (Phi) is 4.01. The first-order valence-corrected chi connectivity index (χ1v) is 9.87. The monoisotopic (exact) mass is 386 g/mol. The average molecular weight is 386 g/mol. The van der Waals surface area contributed by atoms with E-state index in [0.29, 0.717) is 18.7 Å². The van der Waals surface area contributed by atoms with Crippen molar-refractivity contribution in [3.05, 3.63) is 66.1 Å². The van der Waals surface area contributed by atoms with E-state index in [0.717, 1.165) is 27.8 Å². The number of nitrogens with zero attached hydrogens (tertiary/aromatic N) is 3. The summed E-state index contributed by atoms with van der Waals surface area (Å²) in [6.07, 6.45) is 1.81. The normalized spacial score (nSPS) is 15.6. The Morgan fingerprint density at radius 3 is 2.59 bits per heavy atom. The molecule has 5 rings (SSSR count). The van der Waals surface area contributed by atoms with Crippen molar-refractivity contribution < 1.29 is 9.59 Å². The zero-order valence-corrected chi connectivity index (χ0v) is 16.4. The van der Waals surface area contributed by atoms with Gasteiger partial charge in [-0.1, -0.05) is 30.3 Å². The molecule has 2 aromatic heterocycles. The molecule has 1 fully saturated rings. The van der Waals surface area contributed by atoms with Gasteiger partial charge in [-0.05, 0) is 32.0 Å². The number of rotatable bonds is 4. The highest BCUT2D eigenvalue weighted by Crippen LogP contribution is 2.31. The maximum Gasteiger partial charge on any atom is 0.245 e. The number of carbonyl (C=O) groups excluding carboxylic acids is 2. The molecule has 6 nitrogen and oxygen atoms in total. The zero-order chi connectivity index (χ0) is 20.1. The van der Waals surface area contributed by atoms with Crippen molar-refractivity contribution in [2.45, 2.75) is 25.8 Å². The first-order chi connectivity index (χ1) is 14.0. The van der Waals surface area contributed by atoms with Gasteiger partial charge in [0.15, 0.2) is 5.78 Å². The summed E-state index contributed by atoms with van der Waals surface area (Å²) in [5.41, 5.74) is 3.55. The van der Waals surface area contributed by atoms with Crippen LogP contribution in [0.25, 0.3) is 21.9 Å². The third-order valence-electron chi connectivity index (χ3n) is 5.88. The summed E-state index contributed by atoms with van der Waals surface area (Å²) < 4.78 is 1.92. The molecule has 1 aliphatic heterocycles. The molecule has 146 valence electrons. The molecule has 0 saturated carbocycles. The fourth-order valence-corrected chi connectivity index (χ4v) is 4.19. The van der Waals surface area contributed by atoms with Crippen LogP contribution in [0.15, 0.2) is 54.7 Å². The molecule has 0 spiro atoms. The van der Waals surface area contributed by atoms with Crippen LogP contribution >= 0.6 is 0 Å². The minimum absolute atomic E-state index is 0.00787. The first-order valence-electron chi connectivity index (χ1n) is 9.87. The highest BCUT2D eigenvalue weighted by molar-refractivity contribution is 6.07. The number of hydrogen-bond acceptors (Lipinski definition) is 3. The number of likely N-dealkylation sites (tertiary alicyclic amines) is 1. The predicted molar refractivity (Wildman–Crippen MR) is 112 cm³/mol. The van der Waals surface area contributed by atoms with Gasteiger partial charge in [-0.3, -0.25) is 9.59 Å². The molecule has 1 N–H and O–H groups in total. The first kappa shape index (κ1) is 17.7. The van der Waals surface area contributed by atoms with E-state index in [1.807, 2.05) is 71.1 Å². The van der Waals surface area contributed by atoms with Crippen molar-refractivity contribution in [1.29, 1.82) is 0 Å². The SMILES string of the molecule is CC(=O)c1cn([C@H](C)C(=O)N2CC(c3nc4ccccc4[nH]3)C2)c2ccccc12. The van der Waals surface area contributed by atoms with Gasteiger partial charge < -0.3 is 14.5 Å². The number of para-hydroxylation sites is 3. The number of imidazole rings is 1. The van der Waals surface area contributed by atoms with Gasteiger partial charge in [0.1, 0.15) is 11.9 Å². The molecule has 1 amide bonds. The summed E-state index contributed by atoms with van der Waals surface area (Å²) in [5, 5.41) is 0.892. The van der Waals surface area contributed by atoms with Crippen LogP contribution in [-0.4, -0.2) is 44.2 Å². The average Bonchev–Trinajstić information content (AvgIpc) is 3.27. The number of nitrogens with one attached hydrogen (secondary N) is 1. The van der Waals surface area contributed by atoms with Gasteiger partial charge in [0.25, 0.3) is 0 Å². The van der Waals surface area contributed by atoms with Crippen LogP contribution in [-0.2, 0) is 4.79 Å². The fraction of sp³-hybridized carbons (Fsp3) is 0.261. The van der Waals surface area contributed by atoms with Crippen molar-refractivity contribution in [1.82, 2.24) is 19.4 Å². The number of benzene rings is 2. The molecule has 0 aliphatic carbocycles. The number of hydrogen-bond donors (Lipinski definition) is 1. The number of Topliss-reactive ketones (excluding diaryl/α,β-unsaturated/α-hetero) is 1. The van der Waals surface area contributed by atoms with E-state index in [4.69, 9.17) is 0 Å². The number of aromatic amines is 1. The lowest BCUT2D eigenvalue weighted by molar-refractivity contribution is -0.138. The Balaban J connectivity index is 1.35. The van der Waals surface area contributed by atoms with Gasteiger partial charge in [-0.25, -0.2) is 4.98 Å². The van der Waals surface area contributed by atoms with E-state index in [9.17, 15) is 9.59 Å². The van der Waals surface area contributed by atoms with Crippen molar-refractivity contribution in [3.63, 3.8) is 0 Å². The number of amides is 1. The van der Waals surface area contributed by atoms with Gasteiger partial charge in [0, 0.05) is 35.8 Å². The zero-order valence-electron chi connectivity index (χ0n) is 16.4. The van der Waals surface area contributed by atoms with Crippen LogP contribution in [0.1, 0.15) is 42.0 Å². The second-order valence-corrected chi connectivity index (χ2v) is 7.78. The summed E-state index contributed by atoms with van der Waals surface area (Å²) in [4.78, 5) is 35.0. The van der Waals surface area contributed by atoms with Gasteiger partial charge in [0.2, 0.25) is 5.91 Å². The Morgan fingerprint density at radius 2 is 1.83 bits per heavy atom. The second kappa shape index (κ2) is 6.58. The fourth-order valence-electron chi connectivity index (χ4n) is 4.19. The quantitative estimate of drug-likeness (QED) is 0.541. The number of aromatic nitrogens is 3. The summed E-state index contributed by atoms with van der Waals surface area (Å²) >= 11 is 0. The van der Waals surface area contributed by atoms with Crippen LogP contribution in [0, 0.1) is 0 Å². The maximum atomic E-state index is 13.1. The van der Waals surface area contributed by atoms with Crippen LogP contribution in [0.4, 0.5) is 0 Å². The third-order valence-corrected chi connectivity index (χ3v) is 5.88. The van der Waals surface area contributed by atoms with E-state index in [2.05, 4.69) is 9.97 Å². The Bertz CT molecular complexity index is 1210. The number of H-pyrrole nitrogens is 1. The van der Waals surface area contributed by atoms with E-state index in [1.54, 1.807) is 6.92 Å². The molecule has 0 radical (unpaired) electrons. The molecule has 2 aromatic carbocycles. The Labute approximate surface area is 168 Å². The molecular formula is C23H22N4O2. The minimum Gasteiger partial charge on any atom is -0.342 e. The second-order valence-electron chi connectivity index (χ2n) is 7.78. The van der Waals surface area contributed by atoms with Gasteiger partial charge >= 0.3 is 0 Å². The van der Waals surface area contributed by atoms with E-state index < -0.39 is 0 Å². The van der Waals surface area contributed by atoms with Gasteiger partial charge in [0.05, 0.1) is 17.0 Å². The van der Waals surface area contributed by atoms with Crippen molar-refractivity contribution in [2.75, 3.05) is 13.1 Å². The predicted octanol–water partition coefficient (Wildman–Crippen LogP) is 3.91. The van der Waals surface area contributed by atoms with Gasteiger partial charge in [-0.15, -0.1) is 0 Å². The number of carbonyl (C=O) groups is 2. The van der Waals surface area contributed by atoms with E-state index in [-0.39, 0.29) is 23.7 Å². The molecule has 0 bridgehead atoms. The lowest BCUT2D eigenvalue weighted by Gasteiger charge is -2.39. The summed E-state index contributed by atoms with van der Waals surface area (Å²) in [6.45, 7) is 4.77.